The van der Waals surface area contributed by atoms with E-state index >= 15 is 0 Å². The summed E-state index contributed by atoms with van der Waals surface area (Å²) in [6.45, 7) is 4.78. The standard InChI is InChI=1S/C19H29N3O4S/c1-19(2)13-16(15-7-5-6-8-17(15)26-19)20-18(23)14-9-11-22(12-10-14)27(24,25)21(3)4/h5-8,14,16H,9-13H2,1-4H3,(H,20,23)/t16-/m1/s1. The zero-order valence-electron chi connectivity index (χ0n) is 16.4. The van der Waals surface area contributed by atoms with E-state index in [2.05, 4.69) is 5.32 Å². The molecule has 1 saturated heterocycles. The first-order valence-corrected chi connectivity index (χ1v) is 10.8. The Kier molecular flexibility index (Phi) is 5.52. The topological polar surface area (TPSA) is 79.0 Å². The molecular weight excluding hydrogens is 366 g/mol. The van der Waals surface area contributed by atoms with E-state index in [-0.39, 0.29) is 23.5 Å². The average molecular weight is 396 g/mol. The quantitative estimate of drug-likeness (QED) is 0.845. The van der Waals surface area contributed by atoms with E-state index in [0.29, 0.717) is 32.4 Å². The highest BCUT2D eigenvalue weighted by Crippen LogP contribution is 2.39. The van der Waals surface area contributed by atoms with Gasteiger partial charge in [0.2, 0.25) is 5.91 Å². The third-order valence-electron chi connectivity index (χ3n) is 5.31. The third kappa shape index (κ3) is 4.28. The Morgan fingerprint density at radius 2 is 1.85 bits per heavy atom. The molecule has 8 heteroatoms. The van der Waals surface area contributed by atoms with Gasteiger partial charge in [-0.15, -0.1) is 0 Å². The van der Waals surface area contributed by atoms with E-state index in [9.17, 15) is 13.2 Å². The van der Waals surface area contributed by atoms with Gasteiger partial charge in [0, 0.05) is 45.1 Å². The van der Waals surface area contributed by atoms with Gasteiger partial charge in [0.05, 0.1) is 6.04 Å². The van der Waals surface area contributed by atoms with Crippen molar-refractivity contribution in [3.8, 4) is 5.75 Å². The maximum Gasteiger partial charge on any atom is 0.281 e. The van der Waals surface area contributed by atoms with Crippen LogP contribution in [0, 0.1) is 5.92 Å². The number of piperidine rings is 1. The molecule has 1 aromatic carbocycles. The summed E-state index contributed by atoms with van der Waals surface area (Å²) in [4.78, 5) is 12.8. The number of carbonyl (C=O) groups excluding carboxylic acids is 1. The number of carbonyl (C=O) groups is 1. The number of nitrogens with zero attached hydrogens (tertiary/aromatic N) is 2. The molecule has 0 unspecified atom stereocenters. The minimum absolute atomic E-state index is 0.00518. The zero-order valence-corrected chi connectivity index (χ0v) is 17.3. The van der Waals surface area contributed by atoms with Gasteiger partial charge in [0.15, 0.2) is 0 Å². The molecule has 27 heavy (non-hydrogen) atoms. The molecule has 1 aromatic rings. The van der Waals surface area contributed by atoms with E-state index in [0.717, 1.165) is 11.3 Å². The second-order valence-corrected chi connectivity index (χ2v) is 10.3. The van der Waals surface area contributed by atoms with Crippen molar-refractivity contribution in [2.75, 3.05) is 27.2 Å². The maximum atomic E-state index is 12.8. The van der Waals surface area contributed by atoms with Crippen LogP contribution in [-0.2, 0) is 15.0 Å². The largest absolute Gasteiger partial charge is 0.487 e. The molecule has 1 amide bonds. The Balaban J connectivity index is 1.65. The van der Waals surface area contributed by atoms with Crippen LogP contribution >= 0.6 is 0 Å². The predicted molar refractivity (Wildman–Crippen MR) is 104 cm³/mol. The molecule has 1 N–H and O–H groups in total. The lowest BCUT2D eigenvalue weighted by atomic mass is 9.88. The summed E-state index contributed by atoms with van der Waals surface area (Å²) in [7, 11) is -0.361. The van der Waals surface area contributed by atoms with Crippen LogP contribution in [0.2, 0.25) is 0 Å². The van der Waals surface area contributed by atoms with Crippen molar-refractivity contribution in [1.29, 1.82) is 0 Å². The second kappa shape index (κ2) is 7.41. The van der Waals surface area contributed by atoms with Crippen LogP contribution in [0.25, 0.3) is 0 Å². The normalized spacial score (nSPS) is 23.5. The number of ether oxygens (including phenoxy) is 1. The minimum atomic E-state index is -3.41. The molecule has 0 aromatic heterocycles. The van der Waals surface area contributed by atoms with E-state index in [4.69, 9.17) is 4.74 Å². The fourth-order valence-corrected chi connectivity index (χ4v) is 4.93. The molecule has 2 aliphatic rings. The third-order valence-corrected chi connectivity index (χ3v) is 7.25. The van der Waals surface area contributed by atoms with Gasteiger partial charge in [0.1, 0.15) is 11.4 Å². The first-order valence-electron chi connectivity index (χ1n) is 9.36. The van der Waals surface area contributed by atoms with E-state index in [1.54, 1.807) is 0 Å². The summed E-state index contributed by atoms with van der Waals surface area (Å²) in [5.41, 5.74) is 0.646. The summed E-state index contributed by atoms with van der Waals surface area (Å²) >= 11 is 0. The van der Waals surface area contributed by atoms with Crippen LogP contribution in [0.5, 0.6) is 5.75 Å². The van der Waals surface area contributed by atoms with Crippen molar-refractivity contribution in [2.24, 2.45) is 5.92 Å². The summed E-state index contributed by atoms with van der Waals surface area (Å²) in [6.07, 6.45) is 1.77. The number of amides is 1. The van der Waals surface area contributed by atoms with Crippen molar-refractivity contribution < 1.29 is 17.9 Å². The predicted octanol–water partition coefficient (Wildman–Crippen LogP) is 1.92. The molecule has 2 aliphatic heterocycles. The lowest BCUT2D eigenvalue weighted by Gasteiger charge is -2.39. The van der Waals surface area contributed by atoms with Crippen LogP contribution in [0.3, 0.4) is 0 Å². The minimum Gasteiger partial charge on any atom is -0.487 e. The van der Waals surface area contributed by atoms with Gasteiger partial charge < -0.3 is 10.1 Å². The van der Waals surface area contributed by atoms with E-state index in [1.807, 2.05) is 38.1 Å². The van der Waals surface area contributed by atoms with Crippen LogP contribution < -0.4 is 10.1 Å². The van der Waals surface area contributed by atoms with Gasteiger partial charge >= 0.3 is 0 Å². The van der Waals surface area contributed by atoms with E-state index in [1.165, 1.54) is 22.7 Å². The van der Waals surface area contributed by atoms with Crippen molar-refractivity contribution in [2.45, 2.75) is 44.8 Å². The van der Waals surface area contributed by atoms with Gasteiger partial charge in [-0.2, -0.15) is 17.0 Å². The second-order valence-electron chi connectivity index (χ2n) is 8.13. The van der Waals surface area contributed by atoms with Crippen LogP contribution in [0.4, 0.5) is 0 Å². The lowest BCUT2D eigenvalue weighted by Crippen LogP contribution is -2.48. The summed E-state index contributed by atoms with van der Waals surface area (Å²) in [6, 6.07) is 7.70. The summed E-state index contributed by atoms with van der Waals surface area (Å²) in [5, 5.41) is 3.18. The number of rotatable bonds is 4. The number of hydrogen-bond donors (Lipinski definition) is 1. The van der Waals surface area contributed by atoms with Gasteiger partial charge in [-0.3, -0.25) is 4.79 Å². The van der Waals surface area contributed by atoms with Crippen molar-refractivity contribution in [3.63, 3.8) is 0 Å². The smallest absolute Gasteiger partial charge is 0.281 e. The highest BCUT2D eigenvalue weighted by atomic mass is 32.2. The molecule has 1 fully saturated rings. The molecule has 0 spiro atoms. The van der Waals surface area contributed by atoms with Crippen LogP contribution in [-0.4, -0.2) is 55.7 Å². The fourth-order valence-electron chi connectivity index (χ4n) is 3.80. The van der Waals surface area contributed by atoms with E-state index < -0.39 is 10.2 Å². The molecule has 0 aliphatic carbocycles. The van der Waals surface area contributed by atoms with Gasteiger partial charge in [0.25, 0.3) is 10.2 Å². The van der Waals surface area contributed by atoms with Crippen molar-refractivity contribution in [1.82, 2.24) is 13.9 Å². The molecule has 150 valence electrons. The van der Waals surface area contributed by atoms with Crippen LogP contribution in [0.15, 0.2) is 24.3 Å². The number of benzene rings is 1. The van der Waals surface area contributed by atoms with Gasteiger partial charge in [-0.25, -0.2) is 0 Å². The van der Waals surface area contributed by atoms with Crippen LogP contribution in [0.1, 0.15) is 44.7 Å². The fraction of sp³-hybridized carbons (Fsp3) is 0.632. The number of para-hydroxylation sites is 1. The van der Waals surface area contributed by atoms with Gasteiger partial charge in [-0.1, -0.05) is 18.2 Å². The molecule has 0 bridgehead atoms. The molecule has 2 heterocycles. The molecule has 1 atom stereocenters. The number of nitrogens with one attached hydrogen (secondary N) is 1. The SMILES string of the molecule is CN(C)S(=O)(=O)N1CCC(C(=O)N[C@@H]2CC(C)(C)Oc3ccccc32)CC1. The maximum absolute atomic E-state index is 12.8. The highest BCUT2D eigenvalue weighted by Gasteiger charge is 2.37. The average Bonchev–Trinajstić information content (AvgIpc) is 2.60. The van der Waals surface area contributed by atoms with Crippen molar-refractivity contribution >= 4 is 16.1 Å². The number of hydrogen-bond acceptors (Lipinski definition) is 4. The molecule has 0 saturated carbocycles. The monoisotopic (exact) mass is 395 g/mol. The Bertz CT molecular complexity index is 799. The summed E-state index contributed by atoms with van der Waals surface area (Å²) in [5.74, 6) is 0.636. The Morgan fingerprint density at radius 3 is 2.48 bits per heavy atom. The lowest BCUT2D eigenvalue weighted by molar-refractivity contribution is -0.127. The number of fused-ring (bicyclic) bond motifs is 1. The Morgan fingerprint density at radius 1 is 1.22 bits per heavy atom. The highest BCUT2D eigenvalue weighted by molar-refractivity contribution is 7.86. The molecule has 7 nitrogen and oxygen atoms in total. The first kappa shape index (κ1) is 20.1. The molecular formula is C19H29N3O4S. The Hall–Kier alpha value is -1.64. The molecule has 3 rings (SSSR count). The van der Waals surface area contributed by atoms with Crippen molar-refractivity contribution in [3.05, 3.63) is 29.8 Å². The Labute approximate surface area is 161 Å². The zero-order chi connectivity index (χ0) is 19.8. The first-order chi connectivity index (χ1) is 12.6. The summed E-state index contributed by atoms with van der Waals surface area (Å²) < 4.78 is 33.1. The molecule has 0 radical (unpaired) electrons. The van der Waals surface area contributed by atoms with Gasteiger partial charge in [-0.05, 0) is 32.8 Å².